The minimum absolute atomic E-state index is 0.0407. The molecule has 38 heavy (non-hydrogen) atoms. The molecule has 0 radical (unpaired) electrons. The van der Waals surface area contributed by atoms with E-state index in [2.05, 4.69) is 27.7 Å². The van der Waals surface area contributed by atoms with Crippen molar-refractivity contribution in [3.63, 3.8) is 0 Å². The largest absolute Gasteiger partial charge is 0.481 e. The quantitative estimate of drug-likeness (QED) is 0.337. The van der Waals surface area contributed by atoms with Gasteiger partial charge in [0.2, 0.25) is 0 Å². The first-order valence-corrected chi connectivity index (χ1v) is 15.1. The van der Waals surface area contributed by atoms with Crippen LogP contribution in [0.5, 0.6) is 0 Å². The summed E-state index contributed by atoms with van der Waals surface area (Å²) in [6.07, 6.45) is 8.74. The highest BCUT2D eigenvalue weighted by atomic mass is 16.7. The summed E-state index contributed by atoms with van der Waals surface area (Å²) >= 11 is 0. The Hall–Kier alpha value is -0.690. The fraction of sp³-hybridized carbons (Fsp3) is 0.969. The Kier molecular flexibility index (Phi) is 7.73. The molecule has 0 spiro atoms. The number of methoxy groups -OCH3 is 2. The zero-order chi connectivity index (χ0) is 28.5. The highest BCUT2D eigenvalue weighted by Gasteiger charge is 2.69. The van der Waals surface area contributed by atoms with E-state index in [-0.39, 0.29) is 40.2 Å². The average molecular weight is 537 g/mol. The molecule has 4 rings (SSSR count). The van der Waals surface area contributed by atoms with Gasteiger partial charge < -0.3 is 24.4 Å². The Morgan fingerprint density at radius 1 is 0.895 bits per heavy atom. The van der Waals surface area contributed by atoms with Crippen LogP contribution in [0.4, 0.5) is 0 Å². The van der Waals surface area contributed by atoms with Gasteiger partial charge in [-0.15, -0.1) is 0 Å². The lowest BCUT2D eigenvalue weighted by molar-refractivity contribution is -0.226. The summed E-state index contributed by atoms with van der Waals surface area (Å²) < 4.78 is 18.2. The lowest BCUT2D eigenvalue weighted by Gasteiger charge is -2.68. The van der Waals surface area contributed by atoms with Crippen LogP contribution in [-0.2, 0) is 19.0 Å². The van der Waals surface area contributed by atoms with Crippen LogP contribution < -0.4 is 0 Å². The number of aliphatic carboxylic acids is 1. The highest BCUT2D eigenvalue weighted by Crippen LogP contribution is 2.75. The van der Waals surface area contributed by atoms with Gasteiger partial charge in [-0.25, -0.2) is 0 Å². The molecule has 0 bridgehead atoms. The Balaban J connectivity index is 1.70. The van der Waals surface area contributed by atoms with Crippen molar-refractivity contribution in [3.05, 3.63) is 0 Å². The second kappa shape index (κ2) is 9.70. The van der Waals surface area contributed by atoms with E-state index in [0.717, 1.165) is 44.9 Å². The molecule has 4 aliphatic rings. The summed E-state index contributed by atoms with van der Waals surface area (Å²) in [5, 5.41) is 21.0. The van der Waals surface area contributed by atoms with E-state index in [1.165, 1.54) is 6.42 Å². The van der Waals surface area contributed by atoms with Gasteiger partial charge in [0.15, 0.2) is 6.29 Å². The Morgan fingerprint density at radius 2 is 1.50 bits per heavy atom. The zero-order valence-corrected chi connectivity index (χ0v) is 25.9. The zero-order valence-electron chi connectivity index (χ0n) is 25.9. The molecule has 2 N–H and O–H groups in total. The van der Waals surface area contributed by atoms with E-state index in [9.17, 15) is 15.0 Å². The van der Waals surface area contributed by atoms with Crippen LogP contribution in [0.3, 0.4) is 0 Å². The Bertz CT molecular complexity index is 891. The normalized spacial score (nSPS) is 45.7. The number of carbonyl (C=O) groups is 1. The summed E-state index contributed by atoms with van der Waals surface area (Å²) in [4.78, 5) is 12.5. The molecule has 0 aromatic heterocycles. The second-order valence-corrected chi connectivity index (χ2v) is 15.6. The van der Waals surface area contributed by atoms with Crippen LogP contribution in [0.1, 0.15) is 113 Å². The van der Waals surface area contributed by atoms with Crippen molar-refractivity contribution >= 4 is 5.97 Å². The fourth-order valence-corrected chi connectivity index (χ4v) is 10.7. The number of hydrogen-bond donors (Lipinski definition) is 2. The number of ether oxygens (including phenoxy) is 3. The molecule has 1 heterocycles. The number of carboxylic acid groups (broad SMARTS) is 1. The smallest absolute Gasteiger partial charge is 0.309 e. The van der Waals surface area contributed by atoms with Crippen molar-refractivity contribution in [3.8, 4) is 0 Å². The Labute approximate surface area is 231 Å². The SMILES string of the molecule is COC(CC1(C)C(C(C)(C)C(=O)O)CCC2(C)C1CCC1C(C3(C)CCC(C(C)(C)O)O3)CCC12C)OC. The van der Waals surface area contributed by atoms with Crippen molar-refractivity contribution in [2.45, 2.75) is 137 Å². The summed E-state index contributed by atoms with van der Waals surface area (Å²) in [7, 11) is 3.39. The predicted molar refractivity (Wildman–Crippen MR) is 149 cm³/mol. The van der Waals surface area contributed by atoms with E-state index >= 15 is 0 Å². The maximum Gasteiger partial charge on any atom is 0.309 e. The van der Waals surface area contributed by atoms with Crippen molar-refractivity contribution in [1.82, 2.24) is 0 Å². The van der Waals surface area contributed by atoms with Gasteiger partial charge in [-0.05, 0) is 126 Å². The molecular formula is C32H56O6. The molecule has 3 aliphatic carbocycles. The summed E-state index contributed by atoms with van der Waals surface area (Å²) in [5.74, 6) is 0.781. The first-order valence-electron chi connectivity index (χ1n) is 15.1. The molecule has 9 atom stereocenters. The number of hydrogen-bond acceptors (Lipinski definition) is 5. The van der Waals surface area contributed by atoms with Gasteiger partial charge in [0.25, 0.3) is 0 Å². The number of carboxylic acids is 1. The second-order valence-electron chi connectivity index (χ2n) is 15.6. The first-order chi connectivity index (χ1) is 17.4. The summed E-state index contributed by atoms with van der Waals surface area (Å²) in [5.41, 5.74) is -1.80. The van der Waals surface area contributed by atoms with Gasteiger partial charge in [-0.2, -0.15) is 0 Å². The molecule has 9 unspecified atom stereocenters. The minimum atomic E-state index is -0.824. The third kappa shape index (κ3) is 4.39. The van der Waals surface area contributed by atoms with Crippen LogP contribution in [0.2, 0.25) is 0 Å². The molecule has 0 amide bonds. The molecule has 1 aliphatic heterocycles. The molecule has 1 saturated heterocycles. The average Bonchev–Trinajstić information content (AvgIpc) is 3.39. The maximum absolute atomic E-state index is 12.5. The summed E-state index contributed by atoms with van der Waals surface area (Å²) in [6, 6.07) is 0. The highest BCUT2D eigenvalue weighted by molar-refractivity contribution is 5.74. The van der Waals surface area contributed by atoms with Crippen molar-refractivity contribution in [2.75, 3.05) is 14.2 Å². The van der Waals surface area contributed by atoms with Gasteiger partial charge in [0.1, 0.15) is 0 Å². The fourth-order valence-electron chi connectivity index (χ4n) is 10.7. The molecule has 0 aromatic carbocycles. The van der Waals surface area contributed by atoms with Crippen molar-refractivity contribution in [2.24, 2.45) is 45.3 Å². The molecule has 4 fully saturated rings. The standard InChI is InChI=1S/C32H56O6/c1-27(2,26(33)34)22-14-17-31(7)23(29(22,5)19-25(36-9)37-10)12-11-20-21(13-16-30(20,31)6)32(8)18-15-24(38-32)28(3,4)35/h20-25,35H,11-19H2,1-10H3,(H,33,34). The van der Waals surface area contributed by atoms with Gasteiger partial charge in [-0.1, -0.05) is 20.8 Å². The third-order valence-corrected chi connectivity index (χ3v) is 13.1. The topological polar surface area (TPSA) is 85.2 Å². The monoisotopic (exact) mass is 536 g/mol. The van der Waals surface area contributed by atoms with E-state index < -0.39 is 17.0 Å². The molecule has 220 valence electrons. The van der Waals surface area contributed by atoms with Gasteiger partial charge in [-0.3, -0.25) is 4.79 Å². The lowest BCUT2D eigenvalue weighted by Crippen LogP contribution is -2.62. The van der Waals surface area contributed by atoms with E-state index in [0.29, 0.717) is 24.2 Å². The van der Waals surface area contributed by atoms with Crippen LogP contribution in [-0.4, -0.2) is 54.0 Å². The van der Waals surface area contributed by atoms with E-state index in [4.69, 9.17) is 14.2 Å². The van der Waals surface area contributed by atoms with Crippen LogP contribution in [0.25, 0.3) is 0 Å². The van der Waals surface area contributed by atoms with Crippen molar-refractivity contribution < 1.29 is 29.2 Å². The van der Waals surface area contributed by atoms with Gasteiger partial charge in [0, 0.05) is 20.6 Å². The van der Waals surface area contributed by atoms with E-state index in [1.54, 1.807) is 14.2 Å². The number of rotatable bonds is 8. The number of fused-ring (bicyclic) bond motifs is 3. The maximum atomic E-state index is 12.5. The lowest BCUT2D eigenvalue weighted by atomic mass is 9.37. The molecule has 6 heteroatoms. The molecular weight excluding hydrogens is 480 g/mol. The summed E-state index contributed by atoms with van der Waals surface area (Å²) in [6.45, 7) is 17.3. The van der Waals surface area contributed by atoms with Crippen LogP contribution in [0, 0.1) is 45.3 Å². The van der Waals surface area contributed by atoms with Crippen LogP contribution >= 0.6 is 0 Å². The third-order valence-electron chi connectivity index (χ3n) is 13.1. The Morgan fingerprint density at radius 3 is 2.03 bits per heavy atom. The first kappa shape index (κ1) is 30.3. The molecule has 0 aromatic rings. The van der Waals surface area contributed by atoms with Crippen molar-refractivity contribution in [1.29, 1.82) is 0 Å². The predicted octanol–water partition coefficient (Wildman–Crippen LogP) is 6.68. The number of aliphatic hydroxyl groups is 1. The molecule has 6 nitrogen and oxygen atoms in total. The van der Waals surface area contributed by atoms with Gasteiger partial charge >= 0.3 is 5.97 Å². The van der Waals surface area contributed by atoms with E-state index in [1.807, 2.05) is 27.7 Å². The molecule has 3 saturated carbocycles. The minimum Gasteiger partial charge on any atom is -0.481 e. The van der Waals surface area contributed by atoms with Crippen LogP contribution in [0.15, 0.2) is 0 Å². The van der Waals surface area contributed by atoms with Gasteiger partial charge in [0.05, 0.1) is 22.7 Å².